The molecule has 0 spiro atoms. The Bertz CT molecular complexity index is 404. The van der Waals surface area contributed by atoms with Gasteiger partial charge in [0.05, 0.1) is 0 Å². The van der Waals surface area contributed by atoms with E-state index in [-0.39, 0.29) is 11.7 Å². The van der Waals surface area contributed by atoms with Crippen LogP contribution in [-0.2, 0) is 11.2 Å². The highest BCUT2D eigenvalue weighted by Gasteiger charge is 2.22. The maximum Gasteiger partial charge on any atom is 0.162 e. The third-order valence-electron chi connectivity index (χ3n) is 3.29. The van der Waals surface area contributed by atoms with Crippen LogP contribution in [0.1, 0.15) is 43.2 Å². The third-order valence-corrected chi connectivity index (χ3v) is 3.29. The van der Waals surface area contributed by atoms with Crippen LogP contribution >= 0.6 is 0 Å². The summed E-state index contributed by atoms with van der Waals surface area (Å²) in [4.78, 5) is 12.0. The number of rotatable bonds is 2. The Hall–Kier alpha value is -1.37. The van der Waals surface area contributed by atoms with Crippen LogP contribution in [0.25, 0.3) is 0 Å². The smallest absolute Gasteiger partial charge is 0.162 e. The fourth-order valence-electron chi connectivity index (χ4n) is 2.50. The van der Waals surface area contributed by atoms with Crippen LogP contribution in [0.4, 0.5) is 0 Å². The molecule has 0 amide bonds. The van der Waals surface area contributed by atoms with Gasteiger partial charge in [0.1, 0.15) is 0 Å². The van der Waals surface area contributed by atoms with Crippen molar-refractivity contribution in [2.75, 3.05) is 0 Å². The molecule has 1 unspecified atom stereocenters. The Morgan fingerprint density at radius 3 is 2.94 bits per heavy atom. The Labute approximate surface area is 97.2 Å². The molecule has 1 nitrogen and oxygen atoms in total. The molecule has 2 rings (SSSR count). The van der Waals surface area contributed by atoms with Crippen LogP contribution in [0.2, 0.25) is 0 Å². The van der Waals surface area contributed by atoms with Gasteiger partial charge in [0.25, 0.3) is 0 Å². The van der Waals surface area contributed by atoms with Gasteiger partial charge in [-0.3, -0.25) is 4.79 Å². The van der Waals surface area contributed by atoms with Gasteiger partial charge in [-0.2, -0.15) is 0 Å². The lowest BCUT2D eigenvalue weighted by Crippen LogP contribution is -2.10. The minimum Gasteiger partial charge on any atom is -0.294 e. The molecule has 0 heterocycles. The first-order chi connectivity index (χ1) is 7.83. The molecule has 1 heteroatoms. The Morgan fingerprint density at radius 1 is 1.31 bits per heavy atom. The molecule has 0 saturated carbocycles. The largest absolute Gasteiger partial charge is 0.294 e. The van der Waals surface area contributed by atoms with E-state index in [1.54, 1.807) is 6.08 Å². The van der Waals surface area contributed by atoms with Gasteiger partial charge in [0, 0.05) is 5.92 Å². The second-order valence-electron chi connectivity index (χ2n) is 4.40. The number of carbonyl (C=O) groups is 1. The van der Waals surface area contributed by atoms with Crippen molar-refractivity contribution < 1.29 is 4.79 Å². The lowest BCUT2D eigenvalue weighted by Gasteiger charge is -2.14. The summed E-state index contributed by atoms with van der Waals surface area (Å²) in [6.07, 6.45) is 8.04. The van der Waals surface area contributed by atoms with Gasteiger partial charge in [-0.1, -0.05) is 36.8 Å². The third kappa shape index (κ3) is 2.24. The molecule has 1 aliphatic rings. The second kappa shape index (κ2) is 5.11. The zero-order valence-corrected chi connectivity index (χ0v) is 9.78. The first-order valence-corrected chi connectivity index (χ1v) is 6.07. The molecule has 0 N–H and O–H groups in total. The van der Waals surface area contributed by atoms with Crippen LogP contribution in [0.5, 0.6) is 0 Å². The van der Waals surface area contributed by atoms with E-state index >= 15 is 0 Å². The predicted octanol–water partition coefficient (Wildman–Crippen LogP) is 3.64. The minimum atomic E-state index is 0.0925. The summed E-state index contributed by atoms with van der Waals surface area (Å²) in [6.45, 7) is 1.90. The Balaban J connectivity index is 2.36. The van der Waals surface area contributed by atoms with E-state index in [2.05, 4.69) is 18.2 Å². The topological polar surface area (TPSA) is 17.1 Å². The van der Waals surface area contributed by atoms with Crippen molar-refractivity contribution in [1.82, 2.24) is 0 Å². The van der Waals surface area contributed by atoms with Gasteiger partial charge in [0.15, 0.2) is 5.78 Å². The molecule has 0 aromatic heterocycles. The zero-order valence-electron chi connectivity index (χ0n) is 9.78. The summed E-state index contributed by atoms with van der Waals surface area (Å²) in [5.74, 6) is 0.353. The fourth-order valence-corrected chi connectivity index (χ4v) is 2.50. The van der Waals surface area contributed by atoms with E-state index in [0.717, 1.165) is 19.3 Å². The summed E-state index contributed by atoms with van der Waals surface area (Å²) in [5.41, 5.74) is 2.62. The van der Waals surface area contributed by atoms with Crippen molar-refractivity contribution in [1.29, 1.82) is 0 Å². The standard InChI is InChI=1S/C15H18O/c1-2-7-15(16)14-11-6-4-9-12-8-3-5-10-13(12)14/h2-3,5,7-8,10,14H,4,6,9,11H2,1H3/b7-2+. The molecular weight excluding hydrogens is 196 g/mol. The molecule has 16 heavy (non-hydrogen) atoms. The quantitative estimate of drug-likeness (QED) is 0.542. The molecule has 1 aromatic carbocycles. The molecule has 0 aliphatic heterocycles. The molecular formula is C15H18O. The van der Waals surface area contributed by atoms with Gasteiger partial charge in [-0.25, -0.2) is 0 Å². The van der Waals surface area contributed by atoms with Gasteiger partial charge in [-0.05, 0) is 43.4 Å². The molecule has 0 bridgehead atoms. The first kappa shape index (κ1) is 11.1. The monoisotopic (exact) mass is 214 g/mol. The lowest BCUT2D eigenvalue weighted by atomic mass is 9.89. The van der Waals surface area contributed by atoms with E-state index in [9.17, 15) is 4.79 Å². The number of benzene rings is 1. The van der Waals surface area contributed by atoms with Gasteiger partial charge < -0.3 is 0 Å². The number of aryl methyl sites for hydroxylation is 1. The van der Waals surface area contributed by atoms with Crippen molar-refractivity contribution in [2.24, 2.45) is 0 Å². The molecule has 1 aliphatic carbocycles. The lowest BCUT2D eigenvalue weighted by molar-refractivity contribution is -0.116. The fraction of sp³-hybridized carbons (Fsp3) is 0.400. The molecule has 1 aromatic rings. The van der Waals surface area contributed by atoms with Gasteiger partial charge in [-0.15, -0.1) is 0 Å². The molecule has 0 fully saturated rings. The van der Waals surface area contributed by atoms with Crippen LogP contribution in [0, 0.1) is 0 Å². The molecule has 1 atom stereocenters. The maximum atomic E-state index is 12.0. The number of hydrogen-bond acceptors (Lipinski definition) is 1. The van der Waals surface area contributed by atoms with Crippen molar-refractivity contribution in [3.63, 3.8) is 0 Å². The van der Waals surface area contributed by atoms with Gasteiger partial charge >= 0.3 is 0 Å². The van der Waals surface area contributed by atoms with Crippen LogP contribution in [-0.4, -0.2) is 5.78 Å². The normalized spacial score (nSPS) is 20.4. The van der Waals surface area contributed by atoms with Crippen LogP contribution in [0.3, 0.4) is 0 Å². The summed E-state index contributed by atoms with van der Waals surface area (Å²) in [6, 6.07) is 8.39. The van der Waals surface area contributed by atoms with E-state index in [4.69, 9.17) is 0 Å². The average molecular weight is 214 g/mol. The highest BCUT2D eigenvalue weighted by Crippen LogP contribution is 2.31. The predicted molar refractivity (Wildman–Crippen MR) is 66.6 cm³/mol. The number of hydrogen-bond donors (Lipinski definition) is 0. The van der Waals surface area contributed by atoms with Crippen molar-refractivity contribution in [3.8, 4) is 0 Å². The molecule has 84 valence electrons. The van der Waals surface area contributed by atoms with Crippen LogP contribution < -0.4 is 0 Å². The first-order valence-electron chi connectivity index (χ1n) is 6.07. The Morgan fingerprint density at radius 2 is 2.12 bits per heavy atom. The molecule has 0 radical (unpaired) electrons. The minimum absolute atomic E-state index is 0.0925. The van der Waals surface area contributed by atoms with Gasteiger partial charge in [0.2, 0.25) is 0 Å². The average Bonchev–Trinajstić information content (AvgIpc) is 2.51. The SMILES string of the molecule is C/C=C/C(=O)C1CCCCc2ccccc21. The highest BCUT2D eigenvalue weighted by molar-refractivity contribution is 5.95. The number of ketones is 1. The van der Waals surface area contributed by atoms with Crippen molar-refractivity contribution in [2.45, 2.75) is 38.5 Å². The zero-order chi connectivity index (χ0) is 11.4. The molecule has 0 saturated heterocycles. The Kier molecular flexibility index (Phi) is 3.55. The highest BCUT2D eigenvalue weighted by atomic mass is 16.1. The van der Waals surface area contributed by atoms with Crippen molar-refractivity contribution in [3.05, 3.63) is 47.5 Å². The number of allylic oxidation sites excluding steroid dienone is 2. The summed E-state index contributed by atoms with van der Waals surface area (Å²) in [5, 5.41) is 0. The van der Waals surface area contributed by atoms with E-state index in [1.165, 1.54) is 17.5 Å². The van der Waals surface area contributed by atoms with E-state index in [0.29, 0.717) is 0 Å². The van der Waals surface area contributed by atoms with Crippen LogP contribution in [0.15, 0.2) is 36.4 Å². The number of fused-ring (bicyclic) bond motifs is 1. The summed E-state index contributed by atoms with van der Waals surface area (Å²) in [7, 11) is 0. The van der Waals surface area contributed by atoms with E-state index in [1.807, 2.05) is 19.1 Å². The summed E-state index contributed by atoms with van der Waals surface area (Å²) < 4.78 is 0. The van der Waals surface area contributed by atoms with Crippen molar-refractivity contribution >= 4 is 5.78 Å². The van der Waals surface area contributed by atoms with E-state index < -0.39 is 0 Å². The second-order valence-corrected chi connectivity index (χ2v) is 4.40. The maximum absolute atomic E-state index is 12.0. The summed E-state index contributed by atoms with van der Waals surface area (Å²) >= 11 is 0. The number of carbonyl (C=O) groups excluding carboxylic acids is 1.